The van der Waals surface area contributed by atoms with Crippen molar-refractivity contribution in [1.29, 1.82) is 0 Å². The summed E-state index contributed by atoms with van der Waals surface area (Å²) in [7, 11) is 1.56. The van der Waals surface area contributed by atoms with Crippen LogP contribution in [0.1, 0.15) is 30.7 Å². The zero-order valence-electron chi connectivity index (χ0n) is 15.5. The summed E-state index contributed by atoms with van der Waals surface area (Å²) in [6.45, 7) is 3.26. The van der Waals surface area contributed by atoms with Gasteiger partial charge in [0, 0.05) is 18.2 Å². The second kappa shape index (κ2) is 7.67. The fourth-order valence-corrected chi connectivity index (χ4v) is 3.30. The number of hydrogen-bond donors (Lipinski definition) is 2. The molecule has 1 aromatic carbocycles. The van der Waals surface area contributed by atoms with Crippen molar-refractivity contribution in [2.45, 2.75) is 51.4 Å². The first kappa shape index (κ1) is 19.3. The van der Waals surface area contributed by atoms with Gasteiger partial charge in [0.2, 0.25) is 0 Å². The highest BCUT2D eigenvalue weighted by Crippen LogP contribution is 2.29. The molecule has 146 valence electrons. The van der Waals surface area contributed by atoms with Crippen LogP contribution in [0.3, 0.4) is 0 Å². The fourth-order valence-electron chi connectivity index (χ4n) is 3.30. The van der Waals surface area contributed by atoms with E-state index in [0.717, 1.165) is 10.1 Å². The highest BCUT2D eigenvalue weighted by atomic mass is 16.5. The van der Waals surface area contributed by atoms with Gasteiger partial charge in [-0.25, -0.2) is 4.79 Å². The summed E-state index contributed by atoms with van der Waals surface area (Å²) >= 11 is 0. The van der Waals surface area contributed by atoms with Gasteiger partial charge in [0.05, 0.1) is 25.9 Å². The van der Waals surface area contributed by atoms with Crippen LogP contribution in [0, 0.1) is 6.92 Å². The molecule has 0 spiro atoms. The average molecular weight is 376 g/mol. The normalized spacial score (nSPS) is 23.4. The van der Waals surface area contributed by atoms with Gasteiger partial charge in [-0.05, 0) is 31.5 Å². The Balaban J connectivity index is 1.96. The molecule has 1 saturated heterocycles. The molecule has 2 N–H and O–H groups in total. The number of benzene rings is 1. The number of aliphatic hydroxyl groups is 2. The van der Waals surface area contributed by atoms with Crippen molar-refractivity contribution in [2.24, 2.45) is 0 Å². The SMILES string of the molecule is COc1ccc(Cn2c(=O)c(C)cn([C@H]3CC(O)[C@@H]([C@H](C)O)O3)c2=O)cc1. The van der Waals surface area contributed by atoms with E-state index < -0.39 is 30.2 Å². The highest BCUT2D eigenvalue weighted by Gasteiger charge is 2.38. The predicted molar refractivity (Wildman–Crippen MR) is 98.0 cm³/mol. The topological polar surface area (TPSA) is 103 Å². The molecule has 8 heteroatoms. The van der Waals surface area contributed by atoms with Gasteiger partial charge in [-0.1, -0.05) is 12.1 Å². The number of aromatic nitrogens is 2. The van der Waals surface area contributed by atoms with Crippen molar-refractivity contribution in [3.63, 3.8) is 0 Å². The molecule has 1 fully saturated rings. The zero-order valence-corrected chi connectivity index (χ0v) is 15.5. The van der Waals surface area contributed by atoms with Crippen molar-refractivity contribution in [2.75, 3.05) is 7.11 Å². The third kappa shape index (κ3) is 3.83. The molecule has 1 aromatic heterocycles. The molecule has 27 heavy (non-hydrogen) atoms. The Morgan fingerprint density at radius 3 is 2.52 bits per heavy atom. The molecule has 0 saturated carbocycles. The number of aryl methyl sites for hydroxylation is 1. The fraction of sp³-hybridized carbons (Fsp3) is 0.474. The molecule has 1 unspecified atom stereocenters. The average Bonchev–Trinajstić information content (AvgIpc) is 3.04. The Morgan fingerprint density at radius 2 is 1.96 bits per heavy atom. The molecular formula is C19H24N2O6. The maximum absolute atomic E-state index is 12.9. The molecule has 0 bridgehead atoms. The Bertz CT molecular complexity index is 915. The van der Waals surface area contributed by atoms with Crippen LogP contribution in [-0.2, 0) is 11.3 Å². The summed E-state index contributed by atoms with van der Waals surface area (Å²) in [6, 6.07) is 7.10. The summed E-state index contributed by atoms with van der Waals surface area (Å²) < 4.78 is 13.2. The van der Waals surface area contributed by atoms with E-state index in [-0.39, 0.29) is 18.5 Å². The van der Waals surface area contributed by atoms with Crippen molar-refractivity contribution < 1.29 is 19.7 Å². The van der Waals surface area contributed by atoms with E-state index in [2.05, 4.69) is 0 Å². The first-order valence-corrected chi connectivity index (χ1v) is 8.79. The molecule has 0 radical (unpaired) electrons. The van der Waals surface area contributed by atoms with Gasteiger partial charge in [0.15, 0.2) is 0 Å². The van der Waals surface area contributed by atoms with Crippen LogP contribution >= 0.6 is 0 Å². The maximum atomic E-state index is 12.9. The molecule has 1 aliphatic rings. The van der Waals surface area contributed by atoms with Crippen LogP contribution in [0.25, 0.3) is 0 Å². The second-order valence-electron chi connectivity index (χ2n) is 6.84. The third-order valence-corrected chi connectivity index (χ3v) is 4.79. The van der Waals surface area contributed by atoms with Gasteiger partial charge in [-0.3, -0.25) is 13.9 Å². The monoisotopic (exact) mass is 376 g/mol. The summed E-state index contributed by atoms with van der Waals surface area (Å²) in [5, 5.41) is 19.8. The van der Waals surface area contributed by atoms with Gasteiger partial charge in [0.25, 0.3) is 5.56 Å². The summed E-state index contributed by atoms with van der Waals surface area (Å²) in [6.07, 6.45) is -1.67. The van der Waals surface area contributed by atoms with Gasteiger partial charge in [-0.2, -0.15) is 0 Å². The number of rotatable bonds is 5. The van der Waals surface area contributed by atoms with E-state index in [9.17, 15) is 19.8 Å². The van der Waals surface area contributed by atoms with Crippen molar-refractivity contribution in [1.82, 2.24) is 9.13 Å². The number of ether oxygens (including phenoxy) is 2. The minimum Gasteiger partial charge on any atom is -0.497 e. The van der Waals surface area contributed by atoms with E-state index >= 15 is 0 Å². The van der Waals surface area contributed by atoms with Crippen molar-refractivity contribution in [3.05, 3.63) is 62.4 Å². The van der Waals surface area contributed by atoms with Crippen molar-refractivity contribution in [3.8, 4) is 5.75 Å². The minimum atomic E-state index is -0.885. The van der Waals surface area contributed by atoms with E-state index in [0.29, 0.717) is 11.3 Å². The minimum absolute atomic E-state index is 0.110. The van der Waals surface area contributed by atoms with E-state index in [1.807, 2.05) is 0 Å². The molecule has 4 atom stereocenters. The lowest BCUT2D eigenvalue weighted by Crippen LogP contribution is -2.42. The first-order valence-electron chi connectivity index (χ1n) is 8.79. The van der Waals surface area contributed by atoms with Crippen LogP contribution in [0.5, 0.6) is 5.75 Å². The quantitative estimate of drug-likeness (QED) is 0.783. The third-order valence-electron chi connectivity index (χ3n) is 4.79. The van der Waals surface area contributed by atoms with Gasteiger partial charge in [-0.15, -0.1) is 0 Å². The number of nitrogens with zero attached hydrogens (tertiary/aromatic N) is 2. The van der Waals surface area contributed by atoms with Gasteiger partial charge >= 0.3 is 5.69 Å². The molecule has 1 aliphatic heterocycles. The Kier molecular flexibility index (Phi) is 5.50. The lowest BCUT2D eigenvalue weighted by molar-refractivity contribution is -0.0773. The standard InChI is InChI=1S/C19H24N2O6/c1-11-9-20(16-8-15(23)17(27-16)12(2)22)19(25)21(18(11)24)10-13-4-6-14(26-3)7-5-13/h4-7,9,12,15-17,22-23H,8,10H2,1-3H3/t12-,15?,16+,17+/m0/s1. The molecule has 3 rings (SSSR count). The van der Waals surface area contributed by atoms with Gasteiger partial charge < -0.3 is 19.7 Å². The van der Waals surface area contributed by atoms with Crippen LogP contribution in [0.4, 0.5) is 0 Å². The van der Waals surface area contributed by atoms with Crippen LogP contribution in [-0.4, -0.2) is 44.8 Å². The Hall–Kier alpha value is -2.42. The Morgan fingerprint density at radius 1 is 1.30 bits per heavy atom. The first-order chi connectivity index (χ1) is 12.8. The summed E-state index contributed by atoms with van der Waals surface area (Å²) in [5.41, 5.74) is 0.269. The summed E-state index contributed by atoms with van der Waals surface area (Å²) in [5.74, 6) is 0.685. The smallest absolute Gasteiger partial charge is 0.333 e. The molecule has 8 nitrogen and oxygen atoms in total. The Labute approximate surface area is 156 Å². The van der Waals surface area contributed by atoms with E-state index in [1.54, 1.807) is 38.3 Å². The van der Waals surface area contributed by atoms with Crippen molar-refractivity contribution >= 4 is 0 Å². The van der Waals surface area contributed by atoms with E-state index in [4.69, 9.17) is 9.47 Å². The molecule has 0 aliphatic carbocycles. The summed E-state index contributed by atoms with van der Waals surface area (Å²) in [4.78, 5) is 25.4. The number of methoxy groups -OCH3 is 1. The molecular weight excluding hydrogens is 352 g/mol. The van der Waals surface area contributed by atoms with Crippen LogP contribution < -0.4 is 16.0 Å². The maximum Gasteiger partial charge on any atom is 0.333 e. The second-order valence-corrected chi connectivity index (χ2v) is 6.84. The lowest BCUT2D eigenvalue weighted by atomic mass is 10.1. The zero-order chi connectivity index (χ0) is 19.7. The predicted octanol–water partition coefficient (Wildman–Crippen LogP) is 0.405. The lowest BCUT2D eigenvalue weighted by Gasteiger charge is -2.19. The largest absolute Gasteiger partial charge is 0.497 e. The van der Waals surface area contributed by atoms with Gasteiger partial charge in [0.1, 0.15) is 18.1 Å². The molecule has 2 heterocycles. The van der Waals surface area contributed by atoms with E-state index in [1.165, 1.54) is 17.7 Å². The number of aliphatic hydroxyl groups excluding tert-OH is 2. The number of hydrogen-bond acceptors (Lipinski definition) is 6. The molecule has 0 amide bonds. The highest BCUT2D eigenvalue weighted by molar-refractivity contribution is 5.27. The molecule has 2 aromatic rings. The van der Waals surface area contributed by atoms with Crippen LogP contribution in [0.15, 0.2) is 40.1 Å². The van der Waals surface area contributed by atoms with Crippen LogP contribution in [0.2, 0.25) is 0 Å².